The Labute approximate surface area is 168 Å². The first-order valence-corrected chi connectivity index (χ1v) is 9.45. The summed E-state index contributed by atoms with van der Waals surface area (Å²) < 4.78 is 21.6. The minimum Gasteiger partial charge on any atom is -0.378 e. The van der Waals surface area contributed by atoms with Crippen LogP contribution in [0.5, 0.6) is 0 Å². The van der Waals surface area contributed by atoms with Crippen molar-refractivity contribution in [2.75, 3.05) is 31.2 Å². The molecule has 8 heteroatoms. The van der Waals surface area contributed by atoms with Gasteiger partial charge in [0.2, 0.25) is 0 Å². The maximum atomic E-state index is 14.5. The molecule has 7 nitrogen and oxygen atoms in total. The minimum absolute atomic E-state index is 0.268. The van der Waals surface area contributed by atoms with Gasteiger partial charge in [0.15, 0.2) is 0 Å². The van der Waals surface area contributed by atoms with E-state index in [1.54, 1.807) is 54.5 Å². The van der Waals surface area contributed by atoms with E-state index in [-0.39, 0.29) is 5.69 Å². The summed E-state index contributed by atoms with van der Waals surface area (Å²) in [5.41, 5.74) is 1.52. The Morgan fingerprint density at radius 1 is 1.17 bits per heavy atom. The molecule has 0 aliphatic carbocycles. The van der Waals surface area contributed by atoms with E-state index in [1.807, 2.05) is 6.07 Å². The fraction of sp³-hybridized carbons (Fsp3) is 0.286. The van der Waals surface area contributed by atoms with Crippen LogP contribution in [0, 0.1) is 5.82 Å². The Morgan fingerprint density at radius 2 is 1.97 bits per heavy atom. The number of imidazole rings is 1. The standard InChI is InChI=1S/C21H22FN5O2/c1-26-9-8-24-20(26)19(16-4-2-3-5-17(16)22)25-21(28)18-14-15(6-7-23-18)27-10-12-29-13-11-27/h2-9,14,19H,10-13H2,1H3,(H,25,28). The molecule has 1 N–H and O–H groups in total. The second-order valence-corrected chi connectivity index (χ2v) is 6.82. The maximum Gasteiger partial charge on any atom is 0.270 e. The molecule has 3 aromatic rings. The van der Waals surface area contributed by atoms with Crippen molar-refractivity contribution in [3.63, 3.8) is 0 Å². The zero-order valence-electron chi connectivity index (χ0n) is 16.1. The first-order valence-electron chi connectivity index (χ1n) is 9.45. The first kappa shape index (κ1) is 19.1. The van der Waals surface area contributed by atoms with Crippen LogP contribution in [0.4, 0.5) is 10.1 Å². The van der Waals surface area contributed by atoms with Crippen molar-refractivity contribution < 1.29 is 13.9 Å². The molecule has 1 aliphatic rings. The topological polar surface area (TPSA) is 72.3 Å². The van der Waals surface area contributed by atoms with Gasteiger partial charge in [0, 0.05) is 50.0 Å². The molecule has 3 heterocycles. The smallest absolute Gasteiger partial charge is 0.270 e. The largest absolute Gasteiger partial charge is 0.378 e. The summed E-state index contributed by atoms with van der Waals surface area (Å²) in [5.74, 6) is -0.264. The lowest BCUT2D eigenvalue weighted by Crippen LogP contribution is -2.36. The van der Waals surface area contributed by atoms with Gasteiger partial charge in [-0.25, -0.2) is 9.37 Å². The van der Waals surface area contributed by atoms with Crippen LogP contribution in [0.25, 0.3) is 0 Å². The molecular weight excluding hydrogens is 373 g/mol. The second-order valence-electron chi connectivity index (χ2n) is 6.82. The van der Waals surface area contributed by atoms with Crippen LogP contribution in [0.15, 0.2) is 55.0 Å². The average Bonchev–Trinajstić information content (AvgIpc) is 3.19. The molecule has 1 saturated heterocycles. The summed E-state index contributed by atoms with van der Waals surface area (Å²) in [4.78, 5) is 23.7. The molecule has 0 bridgehead atoms. The Balaban J connectivity index is 1.62. The number of hydrogen-bond acceptors (Lipinski definition) is 5. The molecule has 1 aliphatic heterocycles. The second kappa shape index (κ2) is 8.40. The van der Waals surface area contributed by atoms with E-state index in [9.17, 15) is 9.18 Å². The van der Waals surface area contributed by atoms with Gasteiger partial charge in [0.1, 0.15) is 23.4 Å². The lowest BCUT2D eigenvalue weighted by Gasteiger charge is -2.29. The van der Waals surface area contributed by atoms with Crippen LogP contribution in [0.2, 0.25) is 0 Å². The van der Waals surface area contributed by atoms with Crippen LogP contribution in [-0.2, 0) is 11.8 Å². The molecule has 1 amide bonds. The molecule has 150 valence electrons. The van der Waals surface area contributed by atoms with Crippen molar-refractivity contribution in [3.8, 4) is 0 Å². The Morgan fingerprint density at radius 3 is 2.69 bits per heavy atom. The van der Waals surface area contributed by atoms with Crippen molar-refractivity contribution in [3.05, 3.63) is 77.9 Å². The summed E-state index contributed by atoms with van der Waals surface area (Å²) >= 11 is 0. The normalized spacial score (nSPS) is 15.2. The molecule has 1 aromatic carbocycles. The van der Waals surface area contributed by atoms with Gasteiger partial charge in [-0.1, -0.05) is 18.2 Å². The van der Waals surface area contributed by atoms with Crippen molar-refractivity contribution >= 4 is 11.6 Å². The van der Waals surface area contributed by atoms with E-state index in [1.165, 1.54) is 6.07 Å². The molecule has 0 radical (unpaired) electrons. The fourth-order valence-electron chi connectivity index (χ4n) is 3.41. The summed E-state index contributed by atoms with van der Waals surface area (Å²) in [7, 11) is 1.81. The third-order valence-corrected chi connectivity index (χ3v) is 4.96. The highest BCUT2D eigenvalue weighted by molar-refractivity contribution is 5.93. The van der Waals surface area contributed by atoms with Gasteiger partial charge in [-0.2, -0.15) is 0 Å². The zero-order chi connectivity index (χ0) is 20.2. The van der Waals surface area contributed by atoms with Crippen molar-refractivity contribution in [2.45, 2.75) is 6.04 Å². The number of aromatic nitrogens is 3. The van der Waals surface area contributed by atoms with Gasteiger partial charge in [-0.3, -0.25) is 9.78 Å². The number of morpholine rings is 1. The number of nitrogens with zero attached hydrogens (tertiary/aromatic N) is 4. The van der Waals surface area contributed by atoms with E-state index in [4.69, 9.17) is 4.74 Å². The third kappa shape index (κ3) is 4.12. The van der Waals surface area contributed by atoms with Gasteiger partial charge < -0.3 is 19.5 Å². The summed E-state index contributed by atoms with van der Waals surface area (Å²) in [6, 6.07) is 9.24. The molecule has 0 saturated carbocycles. The number of nitrogens with one attached hydrogen (secondary N) is 1. The highest BCUT2D eigenvalue weighted by Gasteiger charge is 2.25. The Bertz CT molecular complexity index is 1000. The number of halogens is 1. The number of carbonyl (C=O) groups excluding carboxylic acids is 1. The fourth-order valence-corrected chi connectivity index (χ4v) is 3.41. The molecular formula is C21H22FN5O2. The minimum atomic E-state index is -0.738. The molecule has 1 fully saturated rings. The maximum absolute atomic E-state index is 14.5. The number of hydrogen-bond donors (Lipinski definition) is 1. The Kier molecular flexibility index (Phi) is 5.53. The van der Waals surface area contributed by atoms with Gasteiger partial charge in [-0.05, 0) is 18.2 Å². The number of ether oxygens (including phenoxy) is 1. The predicted octanol–water partition coefficient (Wildman–Crippen LogP) is 2.31. The molecule has 1 atom stereocenters. The Hall–Kier alpha value is -3.26. The molecule has 2 aromatic heterocycles. The SMILES string of the molecule is Cn1ccnc1C(NC(=O)c1cc(N2CCOCC2)ccn1)c1ccccc1F. The zero-order valence-corrected chi connectivity index (χ0v) is 16.1. The highest BCUT2D eigenvalue weighted by atomic mass is 19.1. The number of benzene rings is 1. The van der Waals surface area contributed by atoms with Gasteiger partial charge >= 0.3 is 0 Å². The van der Waals surface area contributed by atoms with Gasteiger partial charge in [0.05, 0.1) is 13.2 Å². The van der Waals surface area contributed by atoms with Gasteiger partial charge in [-0.15, -0.1) is 0 Å². The first-order chi connectivity index (χ1) is 14.1. The van der Waals surface area contributed by atoms with E-state index >= 15 is 0 Å². The number of amides is 1. The average molecular weight is 395 g/mol. The van der Waals surface area contributed by atoms with E-state index < -0.39 is 17.8 Å². The van der Waals surface area contributed by atoms with Crippen LogP contribution in [-0.4, -0.2) is 46.7 Å². The third-order valence-electron chi connectivity index (χ3n) is 4.96. The summed E-state index contributed by atoms with van der Waals surface area (Å²) in [5, 5.41) is 2.90. The number of rotatable bonds is 5. The number of anilines is 1. The van der Waals surface area contributed by atoms with Crippen molar-refractivity contribution in [1.82, 2.24) is 19.9 Å². The summed E-state index contributed by atoms with van der Waals surface area (Å²) in [6.07, 6.45) is 4.98. The van der Waals surface area contributed by atoms with Gasteiger partial charge in [0.25, 0.3) is 5.91 Å². The van der Waals surface area contributed by atoms with E-state index in [2.05, 4.69) is 20.2 Å². The number of aryl methyl sites for hydroxylation is 1. The van der Waals surface area contributed by atoms with Crippen LogP contribution in [0.3, 0.4) is 0 Å². The van der Waals surface area contributed by atoms with E-state index in [0.717, 1.165) is 18.8 Å². The highest BCUT2D eigenvalue weighted by Crippen LogP contribution is 2.24. The molecule has 1 unspecified atom stereocenters. The van der Waals surface area contributed by atoms with Crippen molar-refractivity contribution in [2.24, 2.45) is 7.05 Å². The quantitative estimate of drug-likeness (QED) is 0.718. The number of pyridine rings is 1. The molecule has 4 rings (SSSR count). The van der Waals surface area contributed by atoms with Crippen molar-refractivity contribution in [1.29, 1.82) is 0 Å². The summed E-state index contributed by atoms with van der Waals surface area (Å²) in [6.45, 7) is 2.82. The van der Waals surface area contributed by atoms with Crippen LogP contribution in [0.1, 0.15) is 27.9 Å². The lowest BCUT2D eigenvalue weighted by molar-refractivity contribution is 0.0935. The molecule has 0 spiro atoms. The monoisotopic (exact) mass is 395 g/mol. The van der Waals surface area contributed by atoms with Crippen LogP contribution < -0.4 is 10.2 Å². The predicted molar refractivity (Wildman–Crippen MR) is 106 cm³/mol. The van der Waals surface area contributed by atoms with E-state index in [0.29, 0.717) is 24.6 Å². The molecule has 29 heavy (non-hydrogen) atoms. The number of carbonyl (C=O) groups is 1. The lowest BCUT2D eigenvalue weighted by atomic mass is 10.0. The van der Waals surface area contributed by atoms with Crippen LogP contribution >= 0.6 is 0 Å².